The van der Waals surface area contributed by atoms with Gasteiger partial charge in [0.05, 0.1) is 5.69 Å². The molecule has 4 heteroatoms. The van der Waals surface area contributed by atoms with Crippen LogP contribution in [0, 0.1) is 5.92 Å². The van der Waals surface area contributed by atoms with Gasteiger partial charge < -0.3 is 0 Å². The summed E-state index contributed by atoms with van der Waals surface area (Å²) in [4.78, 5) is 11.9. The van der Waals surface area contributed by atoms with Crippen molar-refractivity contribution in [2.24, 2.45) is 5.92 Å². The number of rotatable bonds is 5. The highest BCUT2D eigenvalue weighted by Crippen LogP contribution is 2.31. The van der Waals surface area contributed by atoms with Crippen molar-refractivity contribution in [2.75, 3.05) is 0 Å². The van der Waals surface area contributed by atoms with Crippen molar-refractivity contribution >= 4 is 23.2 Å². The summed E-state index contributed by atoms with van der Waals surface area (Å²) in [6.07, 6.45) is 7.66. The molecule has 0 bridgehead atoms. The largest absolute Gasteiger partial charge is 0.295 e. The van der Waals surface area contributed by atoms with Crippen LogP contribution in [0.15, 0.2) is 59.4 Å². The Balaban J connectivity index is 1.73. The van der Waals surface area contributed by atoms with Gasteiger partial charge in [-0.15, -0.1) is 0 Å². The molecule has 0 atom stereocenters. The van der Waals surface area contributed by atoms with E-state index in [9.17, 15) is 4.79 Å². The molecule has 2 aromatic heterocycles. The van der Waals surface area contributed by atoms with Crippen molar-refractivity contribution in [3.8, 4) is 16.9 Å². The van der Waals surface area contributed by atoms with E-state index in [1.807, 2.05) is 52.7 Å². The Bertz CT molecular complexity index is 843. The Labute approximate surface area is 138 Å². The van der Waals surface area contributed by atoms with Crippen LogP contribution in [0.4, 0.5) is 0 Å². The molecule has 0 N–H and O–H groups in total. The van der Waals surface area contributed by atoms with Crippen LogP contribution in [-0.2, 0) is 4.79 Å². The van der Waals surface area contributed by atoms with E-state index in [0.717, 1.165) is 35.3 Å². The molecule has 2 heterocycles. The lowest BCUT2D eigenvalue weighted by Gasteiger charge is -1.99. The molecule has 1 saturated carbocycles. The van der Waals surface area contributed by atoms with Crippen LogP contribution in [0.3, 0.4) is 0 Å². The molecule has 3 nitrogen and oxygen atoms in total. The SMILES string of the molecule is O=C(/C=C/c1cn(-c2ccccc2)nc1-c1ccsc1)C1CC1. The lowest BCUT2D eigenvalue weighted by atomic mass is 10.1. The molecule has 1 fully saturated rings. The number of ketones is 1. The number of benzene rings is 1. The van der Waals surface area contributed by atoms with Crippen LogP contribution in [-0.4, -0.2) is 15.6 Å². The first-order chi connectivity index (χ1) is 11.3. The minimum absolute atomic E-state index is 0.230. The second-order valence-electron chi connectivity index (χ2n) is 5.74. The summed E-state index contributed by atoms with van der Waals surface area (Å²) in [5.74, 6) is 0.480. The van der Waals surface area contributed by atoms with Gasteiger partial charge in [-0.25, -0.2) is 4.68 Å². The van der Waals surface area contributed by atoms with Gasteiger partial charge >= 0.3 is 0 Å². The van der Waals surface area contributed by atoms with Crippen LogP contribution in [0.5, 0.6) is 0 Å². The average Bonchev–Trinajstić information content (AvgIpc) is 3.13. The molecule has 1 aliphatic carbocycles. The second-order valence-corrected chi connectivity index (χ2v) is 6.52. The summed E-state index contributed by atoms with van der Waals surface area (Å²) in [5, 5.41) is 8.84. The van der Waals surface area contributed by atoms with E-state index in [1.165, 1.54) is 0 Å². The number of aromatic nitrogens is 2. The molecule has 3 aromatic rings. The fourth-order valence-electron chi connectivity index (χ4n) is 2.52. The van der Waals surface area contributed by atoms with Gasteiger partial charge in [0.1, 0.15) is 5.69 Å². The fraction of sp³-hybridized carbons (Fsp3) is 0.158. The number of para-hydroxylation sites is 1. The maximum absolute atomic E-state index is 11.9. The Kier molecular flexibility index (Phi) is 3.67. The first-order valence-electron chi connectivity index (χ1n) is 7.71. The summed E-state index contributed by atoms with van der Waals surface area (Å²) in [5.41, 5.74) is 3.98. The second kappa shape index (κ2) is 5.97. The fourth-order valence-corrected chi connectivity index (χ4v) is 3.16. The molecule has 0 aliphatic heterocycles. The molecule has 0 radical (unpaired) electrons. The average molecular weight is 320 g/mol. The number of hydrogen-bond donors (Lipinski definition) is 0. The van der Waals surface area contributed by atoms with E-state index in [4.69, 9.17) is 5.10 Å². The quantitative estimate of drug-likeness (QED) is 0.644. The Morgan fingerprint density at radius 1 is 1.22 bits per heavy atom. The van der Waals surface area contributed by atoms with Crippen molar-refractivity contribution in [2.45, 2.75) is 12.8 Å². The molecule has 114 valence electrons. The molecule has 0 spiro atoms. The van der Waals surface area contributed by atoms with Gasteiger partial charge in [0.2, 0.25) is 0 Å². The maximum Gasteiger partial charge on any atom is 0.158 e. The van der Waals surface area contributed by atoms with Gasteiger partial charge in [-0.2, -0.15) is 16.4 Å². The van der Waals surface area contributed by atoms with E-state index < -0.39 is 0 Å². The van der Waals surface area contributed by atoms with E-state index in [1.54, 1.807) is 17.4 Å². The zero-order valence-electron chi connectivity index (χ0n) is 12.6. The molecule has 0 amide bonds. The number of allylic oxidation sites excluding steroid dienone is 1. The zero-order chi connectivity index (χ0) is 15.6. The standard InChI is InChI=1S/C19H16N2OS/c22-18(14-6-7-14)9-8-15-12-21(17-4-2-1-3-5-17)20-19(15)16-10-11-23-13-16/h1-5,8-14H,6-7H2/b9-8+. The van der Waals surface area contributed by atoms with Crippen molar-refractivity contribution in [1.82, 2.24) is 9.78 Å². The highest BCUT2D eigenvalue weighted by atomic mass is 32.1. The molecule has 4 rings (SSSR count). The summed E-state index contributed by atoms with van der Waals surface area (Å²) in [6.45, 7) is 0. The van der Waals surface area contributed by atoms with Crippen LogP contribution in [0.2, 0.25) is 0 Å². The third-order valence-electron chi connectivity index (χ3n) is 3.96. The van der Waals surface area contributed by atoms with Gasteiger partial charge in [0.15, 0.2) is 5.78 Å². The first-order valence-corrected chi connectivity index (χ1v) is 8.65. The highest BCUT2D eigenvalue weighted by Gasteiger charge is 2.27. The highest BCUT2D eigenvalue weighted by molar-refractivity contribution is 7.08. The Morgan fingerprint density at radius 3 is 2.74 bits per heavy atom. The Morgan fingerprint density at radius 2 is 2.04 bits per heavy atom. The number of thiophene rings is 1. The first kappa shape index (κ1) is 14.2. The molecule has 1 aromatic carbocycles. The normalized spacial score (nSPS) is 14.4. The number of hydrogen-bond acceptors (Lipinski definition) is 3. The molecular weight excluding hydrogens is 304 g/mol. The van der Waals surface area contributed by atoms with Crippen LogP contribution in [0.1, 0.15) is 18.4 Å². The van der Waals surface area contributed by atoms with Crippen LogP contribution >= 0.6 is 11.3 Å². The molecule has 0 unspecified atom stereocenters. The van der Waals surface area contributed by atoms with Crippen molar-refractivity contribution in [3.63, 3.8) is 0 Å². The minimum Gasteiger partial charge on any atom is -0.295 e. The topological polar surface area (TPSA) is 34.9 Å². The van der Waals surface area contributed by atoms with Crippen molar-refractivity contribution in [1.29, 1.82) is 0 Å². The van der Waals surface area contributed by atoms with Crippen LogP contribution in [0.25, 0.3) is 23.0 Å². The third kappa shape index (κ3) is 3.03. The smallest absolute Gasteiger partial charge is 0.158 e. The summed E-state index contributed by atoms with van der Waals surface area (Å²) in [6, 6.07) is 12.1. The van der Waals surface area contributed by atoms with Gasteiger partial charge in [-0.1, -0.05) is 18.2 Å². The van der Waals surface area contributed by atoms with E-state index in [-0.39, 0.29) is 11.7 Å². The van der Waals surface area contributed by atoms with Gasteiger partial charge in [0, 0.05) is 28.6 Å². The van der Waals surface area contributed by atoms with Crippen molar-refractivity contribution in [3.05, 3.63) is 65.0 Å². The number of carbonyl (C=O) groups excluding carboxylic acids is 1. The minimum atomic E-state index is 0.230. The maximum atomic E-state index is 11.9. The summed E-state index contributed by atoms with van der Waals surface area (Å²) in [7, 11) is 0. The van der Waals surface area contributed by atoms with Crippen molar-refractivity contribution < 1.29 is 4.79 Å². The monoisotopic (exact) mass is 320 g/mol. The number of carbonyl (C=O) groups is 1. The van der Waals surface area contributed by atoms with E-state index in [2.05, 4.69) is 11.4 Å². The lowest BCUT2D eigenvalue weighted by Crippen LogP contribution is -1.93. The van der Waals surface area contributed by atoms with Gasteiger partial charge in [-0.05, 0) is 48.6 Å². The van der Waals surface area contributed by atoms with Gasteiger partial charge in [0.25, 0.3) is 0 Å². The molecule has 1 aliphatic rings. The molecule has 23 heavy (non-hydrogen) atoms. The summed E-state index contributed by atoms with van der Waals surface area (Å²) < 4.78 is 1.87. The Hall–Kier alpha value is -2.46. The third-order valence-corrected chi connectivity index (χ3v) is 4.65. The molecule has 0 saturated heterocycles. The number of nitrogens with zero attached hydrogens (tertiary/aromatic N) is 2. The molecular formula is C19H16N2OS. The lowest BCUT2D eigenvalue weighted by molar-refractivity contribution is -0.115. The van der Waals surface area contributed by atoms with E-state index >= 15 is 0 Å². The predicted octanol–water partition coefficient (Wildman–Crippen LogP) is 4.59. The summed E-state index contributed by atoms with van der Waals surface area (Å²) >= 11 is 1.65. The zero-order valence-corrected chi connectivity index (χ0v) is 13.4. The van der Waals surface area contributed by atoms with Gasteiger partial charge in [-0.3, -0.25) is 4.79 Å². The van der Waals surface area contributed by atoms with Crippen LogP contribution < -0.4 is 0 Å². The predicted molar refractivity (Wildman–Crippen MR) is 93.6 cm³/mol. The van der Waals surface area contributed by atoms with E-state index in [0.29, 0.717) is 0 Å².